The number of nitrogens with one attached hydrogen (secondary N) is 1. The quantitative estimate of drug-likeness (QED) is 0.180. The van der Waals surface area contributed by atoms with Crippen molar-refractivity contribution >= 4 is 17.9 Å². The number of hydrogen-bond acceptors (Lipinski definition) is 11. The fraction of sp³-hybridized carbons (Fsp3) is 0.621. The van der Waals surface area contributed by atoms with Crippen LogP contribution in [0.1, 0.15) is 55.7 Å². The highest BCUT2D eigenvalue weighted by molar-refractivity contribution is 5.80. The van der Waals surface area contributed by atoms with Gasteiger partial charge >= 0.3 is 17.9 Å². The maximum absolute atomic E-state index is 13.0. The number of ether oxygens (including phenoxy) is 3. The number of piperidine rings is 1. The minimum absolute atomic E-state index is 0.0573. The standard InChI is InChI=1S/C29H39N3O9/c1-15-4-5-17-14-20-29(38)10-8-19(25-28(29,11-13-32(20)3)23(17)24(15)41-25)40-27(37)16(2)39-22(34)9-12-31-21(33)7-6-18(30)26(35)36/h4-5,8,16,18,20-21,25,31,33,38H,6-7,9-14,30H2,1-3H3,(H,35,36)/t16-,18-,20+,21?,25-,28-,29+/m0/s1. The molecule has 0 saturated carbocycles. The molecule has 2 bridgehead atoms. The second-order valence-corrected chi connectivity index (χ2v) is 11.7. The number of carboxylic acids is 1. The molecule has 41 heavy (non-hydrogen) atoms. The molecule has 2 aliphatic heterocycles. The molecule has 5 rings (SSSR count). The average molecular weight is 574 g/mol. The van der Waals surface area contributed by atoms with Crippen LogP contribution in [0.15, 0.2) is 24.0 Å². The summed E-state index contributed by atoms with van der Waals surface area (Å²) in [6, 6.07) is 2.96. The van der Waals surface area contributed by atoms with Crippen LogP contribution in [-0.2, 0) is 35.7 Å². The van der Waals surface area contributed by atoms with Gasteiger partial charge in [0.25, 0.3) is 0 Å². The van der Waals surface area contributed by atoms with Gasteiger partial charge in [-0.05, 0) is 70.3 Å². The Morgan fingerprint density at radius 2 is 2.05 bits per heavy atom. The van der Waals surface area contributed by atoms with Gasteiger partial charge in [-0.25, -0.2) is 4.79 Å². The summed E-state index contributed by atoms with van der Waals surface area (Å²) in [6.07, 6.45) is 0.517. The molecule has 1 aromatic carbocycles. The molecule has 1 fully saturated rings. The Bertz CT molecular complexity index is 1270. The Morgan fingerprint density at radius 3 is 2.78 bits per heavy atom. The summed E-state index contributed by atoms with van der Waals surface area (Å²) in [4.78, 5) is 38.4. The van der Waals surface area contributed by atoms with Crippen LogP contribution < -0.4 is 15.8 Å². The van der Waals surface area contributed by atoms with Crippen LogP contribution in [0.5, 0.6) is 5.75 Å². The number of aliphatic carboxylic acids is 1. The van der Waals surface area contributed by atoms with Crippen LogP contribution in [0.25, 0.3) is 0 Å². The lowest BCUT2D eigenvalue weighted by Crippen LogP contribution is -2.74. The Balaban J connectivity index is 1.21. The number of hydrogen-bond donors (Lipinski definition) is 5. The van der Waals surface area contributed by atoms with Crippen molar-refractivity contribution in [3.63, 3.8) is 0 Å². The molecule has 0 radical (unpaired) electrons. The number of carboxylic acid groups (broad SMARTS) is 1. The van der Waals surface area contributed by atoms with E-state index in [2.05, 4.69) is 16.3 Å². The van der Waals surface area contributed by atoms with E-state index in [0.29, 0.717) is 25.0 Å². The highest BCUT2D eigenvalue weighted by atomic mass is 16.6. The van der Waals surface area contributed by atoms with Gasteiger partial charge in [0.1, 0.15) is 23.8 Å². The van der Waals surface area contributed by atoms with Crippen molar-refractivity contribution < 1.29 is 43.9 Å². The lowest BCUT2D eigenvalue weighted by atomic mass is 9.50. The smallest absolute Gasteiger partial charge is 0.352 e. The average Bonchev–Trinajstić information content (AvgIpc) is 3.28. The number of carbonyl (C=O) groups excluding carboxylic acids is 2. The molecule has 2 aliphatic carbocycles. The third-order valence-electron chi connectivity index (χ3n) is 9.21. The van der Waals surface area contributed by atoms with Gasteiger partial charge in [0.2, 0.25) is 0 Å². The van der Waals surface area contributed by atoms with Crippen LogP contribution in [0.4, 0.5) is 0 Å². The van der Waals surface area contributed by atoms with Gasteiger partial charge in [0.05, 0.1) is 17.4 Å². The molecule has 2 heterocycles. The van der Waals surface area contributed by atoms with Gasteiger partial charge in [0, 0.05) is 24.6 Å². The topological polar surface area (TPSA) is 181 Å². The zero-order valence-electron chi connectivity index (χ0n) is 23.6. The number of esters is 2. The first-order valence-electron chi connectivity index (χ1n) is 14.1. The van der Waals surface area contributed by atoms with E-state index in [4.69, 9.17) is 25.1 Å². The van der Waals surface area contributed by atoms with E-state index in [1.165, 1.54) is 6.92 Å². The number of rotatable bonds is 11. The van der Waals surface area contributed by atoms with Gasteiger partial charge in [-0.1, -0.05) is 12.1 Å². The van der Waals surface area contributed by atoms with Crippen molar-refractivity contribution in [1.29, 1.82) is 0 Å². The maximum atomic E-state index is 13.0. The SMILES string of the molecule is Cc1ccc2c3c1O[C@H]1C(OC(=O)[C@H](C)OC(=O)CCNC(O)CC[C@H](N)C(=O)O)=CC[C@@]4(O)[C@@H](C2)N(C)CC[C@]314. The molecule has 0 amide bonds. The first-order chi connectivity index (χ1) is 19.4. The van der Waals surface area contributed by atoms with E-state index in [-0.39, 0.29) is 31.8 Å². The predicted octanol–water partition coefficient (Wildman–Crippen LogP) is 0.238. The number of likely N-dealkylation sites (N-methyl/N-ethyl adjacent to an activating group) is 1. The second kappa shape index (κ2) is 11.0. The monoisotopic (exact) mass is 573 g/mol. The van der Waals surface area contributed by atoms with Crippen LogP contribution >= 0.6 is 0 Å². The highest BCUT2D eigenvalue weighted by Crippen LogP contribution is 2.64. The summed E-state index contributed by atoms with van der Waals surface area (Å²) in [6.45, 7) is 4.22. The highest BCUT2D eigenvalue weighted by Gasteiger charge is 2.71. The molecular weight excluding hydrogens is 534 g/mol. The number of nitrogens with two attached hydrogens (primary N) is 1. The Labute approximate surface area is 238 Å². The Kier molecular flexibility index (Phi) is 7.90. The number of aliphatic hydroxyl groups is 2. The third kappa shape index (κ3) is 4.91. The van der Waals surface area contributed by atoms with E-state index in [9.17, 15) is 24.6 Å². The molecular formula is C29H39N3O9. The molecule has 4 aliphatic rings. The van der Waals surface area contributed by atoms with Crippen molar-refractivity contribution in [2.45, 2.75) is 93.9 Å². The van der Waals surface area contributed by atoms with E-state index in [1.54, 1.807) is 6.08 Å². The van der Waals surface area contributed by atoms with E-state index < -0.39 is 53.4 Å². The number of aliphatic hydroxyl groups excluding tert-OH is 1. The first-order valence-corrected chi connectivity index (χ1v) is 14.1. The minimum atomic E-state index is -1.20. The van der Waals surface area contributed by atoms with E-state index in [1.807, 2.05) is 20.0 Å². The van der Waals surface area contributed by atoms with Crippen molar-refractivity contribution in [1.82, 2.24) is 10.2 Å². The molecule has 1 saturated heterocycles. The van der Waals surface area contributed by atoms with Crippen LogP contribution in [0.2, 0.25) is 0 Å². The first kappa shape index (κ1) is 29.5. The summed E-state index contributed by atoms with van der Waals surface area (Å²) >= 11 is 0. The number of nitrogens with zero attached hydrogens (tertiary/aromatic N) is 1. The third-order valence-corrected chi connectivity index (χ3v) is 9.21. The zero-order valence-corrected chi connectivity index (χ0v) is 23.6. The molecule has 12 nitrogen and oxygen atoms in total. The summed E-state index contributed by atoms with van der Waals surface area (Å²) in [5.41, 5.74) is 6.72. The van der Waals surface area contributed by atoms with Crippen LogP contribution in [0, 0.1) is 6.92 Å². The van der Waals surface area contributed by atoms with Gasteiger partial charge in [-0.15, -0.1) is 0 Å². The second-order valence-electron chi connectivity index (χ2n) is 11.7. The van der Waals surface area contributed by atoms with E-state index >= 15 is 0 Å². The number of benzene rings is 1. The summed E-state index contributed by atoms with van der Waals surface area (Å²) < 4.78 is 17.6. The minimum Gasteiger partial charge on any atom is -0.481 e. The number of likely N-dealkylation sites (tertiary alicyclic amines) is 1. The fourth-order valence-corrected chi connectivity index (χ4v) is 6.99. The van der Waals surface area contributed by atoms with Gasteiger partial charge < -0.3 is 40.2 Å². The largest absolute Gasteiger partial charge is 0.481 e. The van der Waals surface area contributed by atoms with Crippen LogP contribution in [-0.4, -0.2) is 94.4 Å². The Hall–Kier alpha value is -3.03. The molecule has 6 N–H and O–H groups in total. The molecule has 7 atom stereocenters. The zero-order chi connectivity index (χ0) is 29.7. The Morgan fingerprint density at radius 1 is 1.29 bits per heavy atom. The molecule has 1 unspecified atom stereocenters. The van der Waals surface area contributed by atoms with Crippen molar-refractivity contribution in [3.05, 3.63) is 40.7 Å². The lowest BCUT2D eigenvalue weighted by Gasteiger charge is -2.61. The molecule has 224 valence electrons. The van der Waals surface area contributed by atoms with Crippen molar-refractivity contribution in [3.8, 4) is 5.75 Å². The number of aryl methyl sites for hydroxylation is 1. The molecule has 12 heteroatoms. The van der Waals surface area contributed by atoms with Crippen molar-refractivity contribution in [2.24, 2.45) is 5.73 Å². The molecule has 1 aromatic rings. The van der Waals surface area contributed by atoms with Gasteiger partial charge in [-0.3, -0.25) is 14.9 Å². The summed E-state index contributed by atoms with van der Waals surface area (Å²) in [7, 11) is 2.03. The molecule has 1 spiro atoms. The summed E-state index contributed by atoms with van der Waals surface area (Å²) in [5.74, 6) is -1.51. The van der Waals surface area contributed by atoms with E-state index in [0.717, 1.165) is 29.0 Å². The maximum Gasteiger partial charge on any atom is 0.352 e. The van der Waals surface area contributed by atoms with Crippen molar-refractivity contribution in [2.75, 3.05) is 20.1 Å². The molecule has 0 aromatic heterocycles. The van der Waals surface area contributed by atoms with Gasteiger partial charge in [-0.2, -0.15) is 0 Å². The fourth-order valence-electron chi connectivity index (χ4n) is 6.99. The lowest BCUT2D eigenvalue weighted by molar-refractivity contribution is -0.175. The number of carbonyl (C=O) groups is 3. The van der Waals surface area contributed by atoms with Gasteiger partial charge in [0.15, 0.2) is 12.2 Å². The van der Waals surface area contributed by atoms with Crippen LogP contribution in [0.3, 0.4) is 0 Å². The normalized spacial score (nSPS) is 29.9. The predicted molar refractivity (Wildman–Crippen MR) is 145 cm³/mol. The summed E-state index contributed by atoms with van der Waals surface area (Å²) in [5, 5.41) is 33.6.